The average molecular weight is 329 g/mol. The van der Waals surface area contributed by atoms with Crippen molar-refractivity contribution < 1.29 is 20.1 Å². The summed E-state index contributed by atoms with van der Waals surface area (Å²) in [6.45, 7) is -0.351. The molecular weight excluding hydrogens is 317 g/mol. The molecular formula is C11H12N3O4Se. The second-order valence-electron chi connectivity index (χ2n) is 4.37. The number of aliphatic hydroxyl groups is 3. The second kappa shape index (κ2) is 4.82. The fraction of sp³-hybridized carbons (Fsp3) is 0.455. The van der Waals surface area contributed by atoms with Gasteiger partial charge in [0.25, 0.3) is 0 Å². The van der Waals surface area contributed by atoms with E-state index in [2.05, 4.69) is 26.0 Å². The van der Waals surface area contributed by atoms with Gasteiger partial charge in [0.05, 0.1) is 0 Å². The Kier molecular flexibility index (Phi) is 3.30. The molecule has 2 aromatic rings. The van der Waals surface area contributed by atoms with Crippen LogP contribution in [-0.2, 0) is 4.74 Å². The van der Waals surface area contributed by atoms with Gasteiger partial charge in [-0.1, -0.05) is 0 Å². The van der Waals surface area contributed by atoms with Gasteiger partial charge in [0.1, 0.15) is 0 Å². The van der Waals surface area contributed by atoms with Gasteiger partial charge in [0.2, 0.25) is 0 Å². The number of aromatic nitrogens is 3. The van der Waals surface area contributed by atoms with Gasteiger partial charge in [-0.15, -0.1) is 0 Å². The summed E-state index contributed by atoms with van der Waals surface area (Å²) in [6, 6.07) is 1.80. The van der Waals surface area contributed by atoms with Gasteiger partial charge in [-0.3, -0.25) is 0 Å². The first-order chi connectivity index (χ1) is 9.13. The first-order valence-corrected chi connectivity index (χ1v) is 6.60. The number of nitrogens with zero attached hydrogens (tertiary/aromatic N) is 3. The fourth-order valence-electron chi connectivity index (χ4n) is 2.26. The van der Waals surface area contributed by atoms with Crippen molar-refractivity contribution in [3.05, 3.63) is 18.6 Å². The van der Waals surface area contributed by atoms with Gasteiger partial charge < -0.3 is 0 Å². The van der Waals surface area contributed by atoms with E-state index in [1.165, 1.54) is 6.33 Å². The Morgan fingerprint density at radius 3 is 2.79 bits per heavy atom. The van der Waals surface area contributed by atoms with Crippen molar-refractivity contribution in [1.82, 2.24) is 14.5 Å². The second-order valence-corrected chi connectivity index (χ2v) is 5.18. The van der Waals surface area contributed by atoms with Gasteiger partial charge in [0.15, 0.2) is 0 Å². The Morgan fingerprint density at radius 1 is 1.32 bits per heavy atom. The zero-order valence-electron chi connectivity index (χ0n) is 9.75. The van der Waals surface area contributed by atoms with E-state index in [1.54, 1.807) is 16.8 Å². The third kappa shape index (κ3) is 1.97. The first kappa shape index (κ1) is 13.0. The molecule has 19 heavy (non-hydrogen) atoms. The number of ether oxygens (including phenoxy) is 1. The van der Waals surface area contributed by atoms with Crippen molar-refractivity contribution in [3.63, 3.8) is 0 Å². The van der Waals surface area contributed by atoms with Crippen LogP contribution >= 0.6 is 0 Å². The molecule has 7 nitrogen and oxygen atoms in total. The number of hydrogen-bond donors (Lipinski definition) is 3. The summed E-state index contributed by atoms with van der Waals surface area (Å²) in [6.07, 6.45) is -0.702. The number of fused-ring (bicyclic) bond motifs is 1. The third-order valence-electron chi connectivity index (χ3n) is 3.26. The Morgan fingerprint density at radius 2 is 2.11 bits per heavy atom. The van der Waals surface area contributed by atoms with E-state index in [0.717, 1.165) is 5.39 Å². The minimum absolute atomic E-state index is 0.351. The quantitative estimate of drug-likeness (QED) is 0.543. The molecule has 1 aliphatic rings. The molecule has 0 aromatic carbocycles. The third-order valence-corrected chi connectivity index (χ3v) is 3.95. The monoisotopic (exact) mass is 330 g/mol. The molecule has 1 saturated heterocycles. The minimum atomic E-state index is -1.12. The predicted octanol–water partition coefficient (Wildman–Crippen LogP) is -2.16. The molecule has 0 amide bonds. The van der Waals surface area contributed by atoms with Crippen LogP contribution in [0.15, 0.2) is 18.6 Å². The molecule has 3 rings (SSSR count). The molecule has 8 heteroatoms. The van der Waals surface area contributed by atoms with Crippen molar-refractivity contribution in [2.45, 2.75) is 24.5 Å². The van der Waals surface area contributed by atoms with E-state index >= 15 is 0 Å². The average Bonchev–Trinajstić information content (AvgIpc) is 2.94. The van der Waals surface area contributed by atoms with Crippen LogP contribution in [0.25, 0.3) is 11.0 Å². The first-order valence-electron chi connectivity index (χ1n) is 5.74. The molecule has 4 atom stereocenters. The molecule has 0 saturated carbocycles. The molecule has 0 aliphatic carbocycles. The van der Waals surface area contributed by atoms with Crippen molar-refractivity contribution >= 4 is 31.6 Å². The molecule has 2 aromatic heterocycles. The zero-order valence-corrected chi connectivity index (χ0v) is 11.5. The molecule has 3 heterocycles. The Bertz CT molecular complexity index is 605. The Hall–Kier alpha value is -1.02. The van der Waals surface area contributed by atoms with E-state index in [4.69, 9.17) is 9.84 Å². The molecule has 3 N–H and O–H groups in total. The maximum absolute atomic E-state index is 10.0. The van der Waals surface area contributed by atoms with Gasteiger partial charge in [-0.05, 0) is 0 Å². The fourth-order valence-corrected chi connectivity index (χ4v) is 2.70. The van der Waals surface area contributed by atoms with Crippen LogP contribution < -0.4 is 4.59 Å². The van der Waals surface area contributed by atoms with E-state index < -0.39 is 24.5 Å². The van der Waals surface area contributed by atoms with Crippen LogP contribution in [0, 0.1) is 0 Å². The van der Waals surface area contributed by atoms with Gasteiger partial charge >= 0.3 is 116 Å². The van der Waals surface area contributed by atoms with Crippen LogP contribution in [0.5, 0.6) is 0 Å². The topological polar surface area (TPSA) is 101 Å². The summed E-state index contributed by atoms with van der Waals surface area (Å²) in [5.41, 5.74) is 0.596. The number of rotatable bonds is 2. The van der Waals surface area contributed by atoms with E-state index in [0.29, 0.717) is 10.2 Å². The molecule has 1 radical (unpaired) electrons. The van der Waals surface area contributed by atoms with Crippen molar-refractivity contribution in [1.29, 1.82) is 0 Å². The van der Waals surface area contributed by atoms with Crippen LogP contribution in [0.2, 0.25) is 0 Å². The molecule has 1 aliphatic heterocycles. The number of hydrogen-bond acceptors (Lipinski definition) is 6. The summed E-state index contributed by atoms with van der Waals surface area (Å²) >= 11 is 2.83. The summed E-state index contributed by atoms with van der Waals surface area (Å²) in [5.74, 6) is 0. The Labute approximate surface area is 116 Å². The summed E-state index contributed by atoms with van der Waals surface area (Å²) in [7, 11) is 0. The molecule has 4 unspecified atom stereocenters. The van der Waals surface area contributed by atoms with Crippen molar-refractivity contribution in [3.8, 4) is 0 Å². The SMILES string of the molecule is OCC1OC(n2ccc3c([Se])ncnc32)C(O)C1O. The van der Waals surface area contributed by atoms with Gasteiger partial charge in [-0.2, -0.15) is 0 Å². The molecule has 1 fully saturated rings. The van der Waals surface area contributed by atoms with Crippen LogP contribution in [0.3, 0.4) is 0 Å². The molecule has 0 spiro atoms. The van der Waals surface area contributed by atoms with Gasteiger partial charge in [0, 0.05) is 0 Å². The summed E-state index contributed by atoms with van der Waals surface area (Å²) in [4.78, 5) is 8.19. The van der Waals surface area contributed by atoms with Crippen LogP contribution in [0.1, 0.15) is 6.23 Å². The molecule has 0 bridgehead atoms. The van der Waals surface area contributed by atoms with Crippen LogP contribution in [-0.4, -0.2) is 70.8 Å². The zero-order chi connectivity index (χ0) is 13.6. The van der Waals surface area contributed by atoms with Gasteiger partial charge in [-0.25, -0.2) is 0 Å². The van der Waals surface area contributed by atoms with Crippen molar-refractivity contribution in [2.24, 2.45) is 0 Å². The van der Waals surface area contributed by atoms with E-state index in [-0.39, 0.29) is 6.61 Å². The van der Waals surface area contributed by atoms with Crippen molar-refractivity contribution in [2.75, 3.05) is 6.61 Å². The maximum atomic E-state index is 10.0. The Balaban J connectivity index is 2.04. The summed E-state index contributed by atoms with van der Waals surface area (Å²) < 4.78 is 7.80. The van der Waals surface area contributed by atoms with Crippen LogP contribution in [0.4, 0.5) is 0 Å². The normalized spacial score (nSPS) is 31.1. The number of aliphatic hydroxyl groups excluding tert-OH is 3. The summed E-state index contributed by atoms with van der Waals surface area (Å²) in [5, 5.41) is 29.7. The van der Waals surface area contributed by atoms with E-state index in [9.17, 15) is 10.2 Å². The standard InChI is InChI=1S/C11H12N3O4Se/c15-3-6-7(16)8(17)11(18-6)14-2-1-5-9(14)12-4-13-10(5)19/h1-2,4,6-8,11,15-17H,3H2. The predicted molar refractivity (Wildman–Crippen MR) is 65.9 cm³/mol. The molecule has 101 valence electrons. The van der Waals surface area contributed by atoms with E-state index in [1.807, 2.05) is 0 Å².